The summed E-state index contributed by atoms with van der Waals surface area (Å²) in [6.45, 7) is 4.71. The highest BCUT2D eigenvalue weighted by atomic mass is 32.2. The summed E-state index contributed by atoms with van der Waals surface area (Å²) in [7, 11) is -3.39. The number of rotatable bonds is 4. The van der Waals surface area contributed by atoms with E-state index in [0.29, 0.717) is 13.2 Å². The van der Waals surface area contributed by atoms with Crippen molar-refractivity contribution < 1.29 is 13.2 Å². The summed E-state index contributed by atoms with van der Waals surface area (Å²) in [5.41, 5.74) is 2.91. The summed E-state index contributed by atoms with van der Waals surface area (Å²) < 4.78 is 33.3. The maximum atomic E-state index is 12.9. The van der Waals surface area contributed by atoms with Crippen LogP contribution in [-0.4, -0.2) is 31.9 Å². The lowest BCUT2D eigenvalue weighted by Gasteiger charge is -2.38. The molecule has 1 saturated heterocycles. The highest BCUT2D eigenvalue weighted by molar-refractivity contribution is 7.88. The Morgan fingerprint density at radius 2 is 1.88 bits per heavy atom. The average molecular weight is 345 g/mol. The van der Waals surface area contributed by atoms with Crippen molar-refractivity contribution in [3.8, 4) is 0 Å². The van der Waals surface area contributed by atoms with Gasteiger partial charge in [-0.1, -0.05) is 60.2 Å². The monoisotopic (exact) mass is 345 g/mol. The van der Waals surface area contributed by atoms with Crippen LogP contribution in [0.1, 0.15) is 29.7 Å². The van der Waals surface area contributed by atoms with Crippen LogP contribution < -0.4 is 0 Å². The summed E-state index contributed by atoms with van der Waals surface area (Å²) >= 11 is 0. The van der Waals surface area contributed by atoms with Gasteiger partial charge in [-0.2, -0.15) is 4.31 Å². The molecule has 1 heterocycles. The van der Waals surface area contributed by atoms with Gasteiger partial charge in [-0.3, -0.25) is 0 Å². The summed E-state index contributed by atoms with van der Waals surface area (Å²) in [4.78, 5) is 0. The molecule has 1 aliphatic heterocycles. The molecule has 0 N–H and O–H groups in total. The summed E-state index contributed by atoms with van der Waals surface area (Å²) in [6, 6.07) is 17.3. The summed E-state index contributed by atoms with van der Waals surface area (Å²) in [6.07, 6.45) is -0.229. The molecule has 3 rings (SSSR count). The van der Waals surface area contributed by atoms with Crippen LogP contribution in [0.4, 0.5) is 0 Å². The highest BCUT2D eigenvalue weighted by Crippen LogP contribution is 2.30. The van der Waals surface area contributed by atoms with E-state index in [0.717, 1.165) is 16.7 Å². The molecule has 0 saturated carbocycles. The Morgan fingerprint density at radius 1 is 1.12 bits per heavy atom. The molecule has 2 unspecified atom stereocenters. The Bertz CT molecular complexity index is 789. The van der Waals surface area contributed by atoms with E-state index >= 15 is 0 Å². The second kappa shape index (κ2) is 7.05. The van der Waals surface area contributed by atoms with Crippen molar-refractivity contribution in [2.24, 2.45) is 0 Å². The molecule has 2 aromatic carbocycles. The Balaban J connectivity index is 1.82. The van der Waals surface area contributed by atoms with Crippen LogP contribution in [0.15, 0.2) is 54.6 Å². The topological polar surface area (TPSA) is 46.6 Å². The molecule has 0 aromatic heterocycles. The zero-order valence-electron chi connectivity index (χ0n) is 14.1. The van der Waals surface area contributed by atoms with Crippen LogP contribution >= 0.6 is 0 Å². The molecule has 0 bridgehead atoms. The largest absolute Gasteiger partial charge is 0.370 e. The van der Waals surface area contributed by atoms with Crippen molar-refractivity contribution in [3.63, 3.8) is 0 Å². The van der Waals surface area contributed by atoms with E-state index < -0.39 is 10.0 Å². The SMILES string of the molecule is Cc1cccc(CS(=O)(=O)N2CCOC(c3ccccc3)C2C)c1. The number of sulfonamides is 1. The summed E-state index contributed by atoms with van der Waals surface area (Å²) in [5.74, 6) is 0.0283. The number of aryl methyl sites for hydroxylation is 1. The molecule has 5 heteroatoms. The maximum Gasteiger partial charge on any atom is 0.218 e. The molecule has 0 aliphatic carbocycles. The van der Waals surface area contributed by atoms with E-state index in [2.05, 4.69) is 0 Å². The van der Waals surface area contributed by atoms with E-state index in [4.69, 9.17) is 4.74 Å². The third kappa shape index (κ3) is 3.69. The van der Waals surface area contributed by atoms with Gasteiger partial charge in [-0.05, 0) is 25.0 Å². The van der Waals surface area contributed by atoms with Gasteiger partial charge in [0.15, 0.2) is 0 Å². The van der Waals surface area contributed by atoms with Crippen LogP contribution in [0, 0.1) is 6.92 Å². The van der Waals surface area contributed by atoms with E-state index in [1.165, 1.54) is 0 Å². The number of nitrogens with zero attached hydrogens (tertiary/aromatic N) is 1. The quantitative estimate of drug-likeness (QED) is 0.854. The minimum atomic E-state index is -3.39. The van der Waals surface area contributed by atoms with Crippen molar-refractivity contribution >= 4 is 10.0 Å². The van der Waals surface area contributed by atoms with Crippen LogP contribution in [-0.2, 0) is 20.5 Å². The first kappa shape index (κ1) is 17.1. The number of morpholine rings is 1. The third-order valence-electron chi connectivity index (χ3n) is 4.42. The lowest BCUT2D eigenvalue weighted by molar-refractivity contribution is -0.0361. The molecule has 4 nitrogen and oxygen atoms in total. The predicted molar refractivity (Wildman–Crippen MR) is 95.1 cm³/mol. The molecule has 0 radical (unpaired) electrons. The lowest BCUT2D eigenvalue weighted by Crippen LogP contribution is -2.48. The molecule has 128 valence electrons. The molecule has 24 heavy (non-hydrogen) atoms. The molecule has 1 aliphatic rings. The van der Waals surface area contributed by atoms with Gasteiger partial charge < -0.3 is 4.74 Å². The molecule has 2 atom stereocenters. The smallest absolute Gasteiger partial charge is 0.218 e. The number of hydrogen-bond donors (Lipinski definition) is 0. The van der Waals surface area contributed by atoms with Crippen LogP contribution in [0.25, 0.3) is 0 Å². The van der Waals surface area contributed by atoms with Gasteiger partial charge in [-0.15, -0.1) is 0 Å². The zero-order chi connectivity index (χ0) is 17.2. The van der Waals surface area contributed by atoms with Crippen LogP contribution in [0.5, 0.6) is 0 Å². The number of hydrogen-bond acceptors (Lipinski definition) is 3. The normalized spacial score (nSPS) is 22.4. The molecule has 2 aromatic rings. The van der Waals surface area contributed by atoms with Crippen molar-refractivity contribution in [2.75, 3.05) is 13.2 Å². The van der Waals surface area contributed by atoms with Gasteiger partial charge >= 0.3 is 0 Å². The van der Waals surface area contributed by atoms with Gasteiger partial charge in [0, 0.05) is 6.54 Å². The van der Waals surface area contributed by atoms with Gasteiger partial charge in [-0.25, -0.2) is 8.42 Å². The molecule has 1 fully saturated rings. The Labute approximate surface area is 144 Å². The fourth-order valence-corrected chi connectivity index (χ4v) is 5.01. The standard InChI is InChI=1S/C19H23NO3S/c1-15-7-6-8-17(13-15)14-24(21,22)20-11-12-23-19(16(20)2)18-9-4-3-5-10-18/h3-10,13,16,19H,11-12,14H2,1-2H3. The van der Waals surface area contributed by atoms with Crippen molar-refractivity contribution in [2.45, 2.75) is 31.7 Å². The molecular weight excluding hydrogens is 322 g/mol. The zero-order valence-corrected chi connectivity index (χ0v) is 14.9. The average Bonchev–Trinajstić information content (AvgIpc) is 2.55. The molecule has 0 amide bonds. The van der Waals surface area contributed by atoms with E-state index in [-0.39, 0.29) is 17.9 Å². The minimum Gasteiger partial charge on any atom is -0.370 e. The molecular formula is C19H23NO3S. The first-order valence-corrected chi connectivity index (χ1v) is 9.80. The second-order valence-electron chi connectivity index (χ2n) is 6.30. The van der Waals surface area contributed by atoms with Crippen LogP contribution in [0.2, 0.25) is 0 Å². The highest BCUT2D eigenvalue weighted by Gasteiger charge is 2.36. The van der Waals surface area contributed by atoms with E-state index in [1.54, 1.807) is 4.31 Å². The van der Waals surface area contributed by atoms with Gasteiger partial charge in [0.2, 0.25) is 10.0 Å². The van der Waals surface area contributed by atoms with Gasteiger partial charge in [0.1, 0.15) is 0 Å². The number of benzene rings is 2. The van der Waals surface area contributed by atoms with Gasteiger partial charge in [0.05, 0.1) is 24.5 Å². The summed E-state index contributed by atoms with van der Waals surface area (Å²) in [5, 5.41) is 0. The Hall–Kier alpha value is -1.69. The van der Waals surface area contributed by atoms with Crippen molar-refractivity contribution in [1.82, 2.24) is 4.31 Å². The fraction of sp³-hybridized carbons (Fsp3) is 0.368. The predicted octanol–water partition coefficient (Wildman–Crippen LogP) is 3.29. The Kier molecular flexibility index (Phi) is 5.04. The van der Waals surface area contributed by atoms with E-state index in [9.17, 15) is 8.42 Å². The molecule has 0 spiro atoms. The first-order valence-electron chi connectivity index (χ1n) is 8.19. The lowest BCUT2D eigenvalue weighted by atomic mass is 10.0. The van der Waals surface area contributed by atoms with Crippen molar-refractivity contribution in [3.05, 3.63) is 71.3 Å². The van der Waals surface area contributed by atoms with Crippen LogP contribution in [0.3, 0.4) is 0 Å². The number of ether oxygens (including phenoxy) is 1. The maximum absolute atomic E-state index is 12.9. The third-order valence-corrected chi connectivity index (χ3v) is 6.35. The second-order valence-corrected chi connectivity index (χ2v) is 8.22. The minimum absolute atomic E-state index is 0.0283. The fourth-order valence-electron chi connectivity index (χ4n) is 3.27. The Morgan fingerprint density at radius 3 is 2.58 bits per heavy atom. The van der Waals surface area contributed by atoms with E-state index in [1.807, 2.05) is 68.4 Å². The van der Waals surface area contributed by atoms with Gasteiger partial charge in [0.25, 0.3) is 0 Å². The first-order chi connectivity index (χ1) is 11.5. The van der Waals surface area contributed by atoms with Crippen molar-refractivity contribution in [1.29, 1.82) is 0 Å².